The van der Waals surface area contributed by atoms with Gasteiger partial charge in [0.15, 0.2) is 0 Å². The van der Waals surface area contributed by atoms with E-state index in [1.807, 2.05) is 0 Å². The monoisotopic (exact) mass is 276 g/mol. The molecule has 1 heterocycles. The molecule has 1 atom stereocenters. The highest BCUT2D eigenvalue weighted by atomic mass is 79.9. The van der Waals surface area contributed by atoms with Gasteiger partial charge in [-0.25, -0.2) is 0 Å². The van der Waals surface area contributed by atoms with Crippen molar-refractivity contribution in [2.24, 2.45) is 5.92 Å². The van der Waals surface area contributed by atoms with E-state index in [9.17, 15) is 0 Å². The van der Waals surface area contributed by atoms with Gasteiger partial charge in [0.25, 0.3) is 0 Å². The average Bonchev–Trinajstić information content (AvgIpc) is 2.59. The second-order valence-electron chi connectivity index (χ2n) is 4.93. The minimum absolute atomic E-state index is 0.913. The van der Waals surface area contributed by atoms with Crippen LogP contribution in [0, 0.1) is 5.92 Å². The van der Waals surface area contributed by atoms with Gasteiger partial charge < -0.3 is 9.80 Å². The van der Waals surface area contributed by atoms with E-state index >= 15 is 0 Å². The zero-order valence-electron chi connectivity index (χ0n) is 10.2. The van der Waals surface area contributed by atoms with E-state index in [1.165, 1.54) is 51.9 Å². The van der Waals surface area contributed by atoms with Gasteiger partial charge in [-0.3, -0.25) is 0 Å². The summed E-state index contributed by atoms with van der Waals surface area (Å²) < 4.78 is 0. The van der Waals surface area contributed by atoms with Crippen LogP contribution in [0.2, 0.25) is 0 Å². The molecule has 0 N–H and O–H groups in total. The molecular formula is C12H25BrN2. The van der Waals surface area contributed by atoms with Crippen molar-refractivity contribution in [2.45, 2.75) is 25.7 Å². The van der Waals surface area contributed by atoms with E-state index in [4.69, 9.17) is 0 Å². The maximum absolute atomic E-state index is 3.48. The smallest absolute Gasteiger partial charge is 0.00313 e. The molecule has 0 bridgehead atoms. The van der Waals surface area contributed by atoms with E-state index in [0.717, 1.165) is 11.2 Å². The number of halogens is 1. The molecule has 2 nitrogen and oxygen atoms in total. The highest BCUT2D eigenvalue weighted by Crippen LogP contribution is 2.15. The predicted octanol–water partition coefficient (Wildman–Crippen LogP) is 2.44. The number of nitrogens with zero attached hydrogens (tertiary/aromatic N) is 2. The molecule has 3 heteroatoms. The quantitative estimate of drug-likeness (QED) is 0.521. The Morgan fingerprint density at radius 1 is 1.33 bits per heavy atom. The van der Waals surface area contributed by atoms with Gasteiger partial charge in [0.1, 0.15) is 0 Å². The molecule has 0 spiro atoms. The van der Waals surface area contributed by atoms with Gasteiger partial charge >= 0.3 is 0 Å². The van der Waals surface area contributed by atoms with Crippen LogP contribution in [-0.4, -0.2) is 55.4 Å². The second kappa shape index (κ2) is 7.64. The van der Waals surface area contributed by atoms with Crippen molar-refractivity contribution < 1.29 is 0 Å². The Morgan fingerprint density at radius 2 is 2.13 bits per heavy atom. The number of rotatable bonds is 7. The molecule has 0 radical (unpaired) electrons. The third-order valence-corrected chi connectivity index (χ3v) is 3.79. The number of likely N-dealkylation sites (tertiary alicyclic amines) is 1. The lowest BCUT2D eigenvalue weighted by molar-refractivity contribution is 0.269. The molecule has 0 aliphatic carbocycles. The summed E-state index contributed by atoms with van der Waals surface area (Å²) in [5, 5.41) is 1.16. The van der Waals surface area contributed by atoms with Crippen LogP contribution in [0.4, 0.5) is 0 Å². The Labute approximate surface area is 103 Å². The molecule has 0 aromatic heterocycles. The van der Waals surface area contributed by atoms with Crippen LogP contribution in [0.3, 0.4) is 0 Å². The van der Waals surface area contributed by atoms with Crippen molar-refractivity contribution >= 4 is 15.9 Å². The molecule has 15 heavy (non-hydrogen) atoms. The van der Waals surface area contributed by atoms with Crippen LogP contribution in [0.15, 0.2) is 0 Å². The predicted molar refractivity (Wildman–Crippen MR) is 70.7 cm³/mol. The normalized spacial score (nSPS) is 22.8. The molecule has 0 saturated carbocycles. The summed E-state index contributed by atoms with van der Waals surface area (Å²) in [6.07, 6.45) is 5.42. The van der Waals surface area contributed by atoms with Gasteiger partial charge in [-0.2, -0.15) is 0 Å². The molecule has 0 aromatic rings. The number of hydrogen-bond donors (Lipinski definition) is 0. The van der Waals surface area contributed by atoms with E-state index in [1.54, 1.807) is 0 Å². The van der Waals surface area contributed by atoms with Crippen molar-refractivity contribution in [1.82, 2.24) is 9.80 Å². The Hall–Kier alpha value is 0.400. The molecule has 0 aromatic carbocycles. The fourth-order valence-corrected chi connectivity index (χ4v) is 2.76. The first-order valence-corrected chi connectivity index (χ1v) is 7.27. The van der Waals surface area contributed by atoms with Crippen LogP contribution in [-0.2, 0) is 0 Å². The van der Waals surface area contributed by atoms with Crippen molar-refractivity contribution in [3.63, 3.8) is 0 Å². The maximum atomic E-state index is 3.48. The van der Waals surface area contributed by atoms with Crippen molar-refractivity contribution in [2.75, 3.05) is 45.6 Å². The van der Waals surface area contributed by atoms with Gasteiger partial charge in [0.05, 0.1) is 0 Å². The lowest BCUT2D eigenvalue weighted by atomic mass is 10.1. The Bertz CT molecular complexity index is 164. The standard InChI is InChI=1S/C12H25BrN2/c1-14(8-5-3-4-7-13)10-12-6-9-15(2)11-12/h12H,3-11H2,1-2H3. The topological polar surface area (TPSA) is 6.48 Å². The number of alkyl halides is 1. The molecule has 1 aliphatic heterocycles. The maximum Gasteiger partial charge on any atom is 0.00313 e. The fourth-order valence-electron chi connectivity index (χ4n) is 2.36. The molecule has 1 unspecified atom stereocenters. The first-order chi connectivity index (χ1) is 7.22. The van der Waals surface area contributed by atoms with Gasteiger partial charge in [-0.05, 0) is 52.4 Å². The highest BCUT2D eigenvalue weighted by molar-refractivity contribution is 9.09. The summed E-state index contributed by atoms with van der Waals surface area (Å²) in [6.45, 7) is 5.15. The lowest BCUT2D eigenvalue weighted by Gasteiger charge is -2.20. The van der Waals surface area contributed by atoms with Crippen LogP contribution in [0.5, 0.6) is 0 Å². The zero-order chi connectivity index (χ0) is 11.1. The molecule has 1 aliphatic rings. The second-order valence-corrected chi connectivity index (χ2v) is 5.72. The van der Waals surface area contributed by atoms with Crippen LogP contribution < -0.4 is 0 Å². The largest absolute Gasteiger partial charge is 0.306 e. The van der Waals surface area contributed by atoms with Crippen LogP contribution in [0.1, 0.15) is 25.7 Å². The summed E-state index contributed by atoms with van der Waals surface area (Å²) in [4.78, 5) is 4.96. The Balaban J connectivity index is 2.00. The van der Waals surface area contributed by atoms with Crippen molar-refractivity contribution in [1.29, 1.82) is 0 Å². The molecule has 1 rings (SSSR count). The van der Waals surface area contributed by atoms with Crippen molar-refractivity contribution in [3.05, 3.63) is 0 Å². The first-order valence-electron chi connectivity index (χ1n) is 6.15. The van der Waals surface area contributed by atoms with E-state index in [-0.39, 0.29) is 0 Å². The van der Waals surface area contributed by atoms with E-state index in [0.29, 0.717) is 0 Å². The van der Waals surface area contributed by atoms with Gasteiger partial charge in [-0.1, -0.05) is 22.4 Å². The Morgan fingerprint density at radius 3 is 2.73 bits per heavy atom. The van der Waals surface area contributed by atoms with E-state index < -0.39 is 0 Å². The minimum Gasteiger partial charge on any atom is -0.306 e. The van der Waals surface area contributed by atoms with Gasteiger partial charge in [-0.15, -0.1) is 0 Å². The molecular weight excluding hydrogens is 252 g/mol. The molecule has 1 saturated heterocycles. The lowest BCUT2D eigenvalue weighted by Crippen LogP contribution is -2.28. The minimum atomic E-state index is 0.913. The third kappa shape index (κ3) is 5.88. The summed E-state index contributed by atoms with van der Waals surface area (Å²) in [5.74, 6) is 0.913. The van der Waals surface area contributed by atoms with Crippen LogP contribution in [0.25, 0.3) is 0 Å². The summed E-state index contributed by atoms with van der Waals surface area (Å²) in [5.41, 5.74) is 0. The van der Waals surface area contributed by atoms with Crippen LogP contribution >= 0.6 is 15.9 Å². The summed E-state index contributed by atoms with van der Waals surface area (Å²) >= 11 is 3.48. The summed E-state index contributed by atoms with van der Waals surface area (Å²) in [7, 11) is 4.50. The van der Waals surface area contributed by atoms with Gasteiger partial charge in [0, 0.05) is 18.4 Å². The molecule has 90 valence electrons. The number of hydrogen-bond acceptors (Lipinski definition) is 2. The van der Waals surface area contributed by atoms with Crippen molar-refractivity contribution in [3.8, 4) is 0 Å². The average molecular weight is 277 g/mol. The SMILES string of the molecule is CN(CCCCCBr)CC1CCN(C)C1. The molecule has 1 fully saturated rings. The van der Waals surface area contributed by atoms with E-state index in [2.05, 4.69) is 39.8 Å². The Kier molecular flexibility index (Phi) is 6.86. The van der Waals surface area contributed by atoms with Gasteiger partial charge in [0.2, 0.25) is 0 Å². The number of unbranched alkanes of at least 4 members (excludes halogenated alkanes) is 2. The third-order valence-electron chi connectivity index (χ3n) is 3.23. The summed E-state index contributed by atoms with van der Waals surface area (Å²) in [6, 6.07) is 0. The zero-order valence-corrected chi connectivity index (χ0v) is 11.8. The first kappa shape index (κ1) is 13.5. The highest BCUT2D eigenvalue weighted by Gasteiger charge is 2.20. The molecule has 0 amide bonds. The fraction of sp³-hybridized carbons (Fsp3) is 1.00.